The van der Waals surface area contributed by atoms with Gasteiger partial charge in [0.05, 0.1) is 4.92 Å². The van der Waals surface area contributed by atoms with Crippen LogP contribution in [0.5, 0.6) is 0 Å². The maximum atomic E-state index is 11.0. The molecule has 2 fully saturated rings. The molecule has 0 radical (unpaired) electrons. The summed E-state index contributed by atoms with van der Waals surface area (Å²) in [5, 5.41) is 14.8. The molecule has 0 aromatic heterocycles. The van der Waals surface area contributed by atoms with E-state index in [-0.39, 0.29) is 10.7 Å². The van der Waals surface area contributed by atoms with Gasteiger partial charge in [0.25, 0.3) is 5.69 Å². The number of hydrogen-bond acceptors (Lipinski definition) is 4. The predicted molar refractivity (Wildman–Crippen MR) is 82.5 cm³/mol. The van der Waals surface area contributed by atoms with Crippen molar-refractivity contribution in [3.8, 4) is 0 Å². The van der Waals surface area contributed by atoms with Crippen LogP contribution in [0.1, 0.15) is 31.2 Å². The molecule has 0 aliphatic carbocycles. The van der Waals surface area contributed by atoms with Crippen molar-refractivity contribution >= 4 is 17.3 Å². The standard InChI is InChI=1S/C15H20ClN3O2/c1-18(13-7-11-3-4-12(8-13)17-11)9-10-2-5-14(16)15(6-10)19(20)21/h2,5-6,11-13,17H,3-4,7-9H2,1H3. The van der Waals surface area contributed by atoms with Crippen molar-refractivity contribution in [2.45, 2.75) is 50.4 Å². The highest BCUT2D eigenvalue weighted by Crippen LogP contribution is 2.31. The Labute approximate surface area is 129 Å². The van der Waals surface area contributed by atoms with Gasteiger partial charge in [0.15, 0.2) is 0 Å². The van der Waals surface area contributed by atoms with Gasteiger partial charge in [-0.1, -0.05) is 17.7 Å². The van der Waals surface area contributed by atoms with E-state index < -0.39 is 4.92 Å². The molecule has 2 unspecified atom stereocenters. The van der Waals surface area contributed by atoms with Crippen molar-refractivity contribution in [3.05, 3.63) is 38.9 Å². The minimum atomic E-state index is -0.420. The molecule has 2 saturated heterocycles. The van der Waals surface area contributed by atoms with Crippen LogP contribution >= 0.6 is 11.6 Å². The molecule has 6 heteroatoms. The van der Waals surface area contributed by atoms with Crippen LogP contribution in [0.2, 0.25) is 5.02 Å². The lowest BCUT2D eigenvalue weighted by molar-refractivity contribution is -0.384. The summed E-state index contributed by atoms with van der Waals surface area (Å²) in [6, 6.07) is 6.94. The molecule has 0 spiro atoms. The van der Waals surface area contributed by atoms with Crippen LogP contribution in [0.25, 0.3) is 0 Å². The fourth-order valence-electron chi connectivity index (χ4n) is 3.60. The van der Waals surface area contributed by atoms with E-state index in [0.717, 1.165) is 12.1 Å². The smallest absolute Gasteiger partial charge is 0.288 e. The molecule has 2 heterocycles. The lowest BCUT2D eigenvalue weighted by Gasteiger charge is -2.35. The Hall–Kier alpha value is -1.17. The first-order valence-electron chi connectivity index (χ1n) is 7.42. The number of rotatable bonds is 4. The Morgan fingerprint density at radius 1 is 1.38 bits per heavy atom. The third-order valence-corrected chi connectivity index (χ3v) is 5.03. The van der Waals surface area contributed by atoms with E-state index in [4.69, 9.17) is 11.6 Å². The van der Waals surface area contributed by atoms with E-state index in [1.165, 1.54) is 25.7 Å². The van der Waals surface area contributed by atoms with Crippen molar-refractivity contribution in [1.82, 2.24) is 10.2 Å². The van der Waals surface area contributed by atoms with Gasteiger partial charge in [-0.05, 0) is 44.4 Å². The summed E-state index contributed by atoms with van der Waals surface area (Å²) in [6.07, 6.45) is 4.90. The van der Waals surface area contributed by atoms with Gasteiger partial charge in [0, 0.05) is 30.7 Å². The number of fused-ring (bicyclic) bond motifs is 2. The SMILES string of the molecule is CN(Cc1ccc(Cl)c([N+](=O)[O-])c1)C1CC2CCC(C1)N2. The number of hydrogen-bond donors (Lipinski definition) is 1. The lowest BCUT2D eigenvalue weighted by atomic mass is 9.98. The molecule has 2 atom stereocenters. The maximum Gasteiger partial charge on any atom is 0.288 e. The van der Waals surface area contributed by atoms with E-state index in [1.807, 2.05) is 6.07 Å². The zero-order valence-corrected chi connectivity index (χ0v) is 12.8. The van der Waals surface area contributed by atoms with Crippen LogP contribution in [0, 0.1) is 10.1 Å². The largest absolute Gasteiger partial charge is 0.311 e. The predicted octanol–water partition coefficient (Wildman–Crippen LogP) is 2.96. The number of benzene rings is 1. The van der Waals surface area contributed by atoms with Crippen molar-refractivity contribution < 1.29 is 4.92 Å². The van der Waals surface area contributed by atoms with E-state index in [1.54, 1.807) is 12.1 Å². The van der Waals surface area contributed by atoms with Crippen LogP contribution < -0.4 is 5.32 Å². The fourth-order valence-corrected chi connectivity index (χ4v) is 3.79. The van der Waals surface area contributed by atoms with Crippen molar-refractivity contribution in [2.24, 2.45) is 0 Å². The van der Waals surface area contributed by atoms with Gasteiger partial charge >= 0.3 is 0 Å². The second-order valence-electron chi connectivity index (χ2n) is 6.22. The molecule has 114 valence electrons. The second-order valence-corrected chi connectivity index (χ2v) is 6.63. The molecular formula is C15H20ClN3O2. The summed E-state index contributed by atoms with van der Waals surface area (Å²) in [5.74, 6) is 0. The third-order valence-electron chi connectivity index (χ3n) is 4.71. The van der Waals surface area contributed by atoms with Crippen molar-refractivity contribution in [3.63, 3.8) is 0 Å². The topological polar surface area (TPSA) is 58.4 Å². The van der Waals surface area contributed by atoms with E-state index in [9.17, 15) is 10.1 Å². The van der Waals surface area contributed by atoms with Gasteiger partial charge < -0.3 is 5.32 Å². The number of nitrogens with one attached hydrogen (secondary N) is 1. The van der Waals surface area contributed by atoms with Crippen molar-refractivity contribution in [1.29, 1.82) is 0 Å². The fraction of sp³-hybridized carbons (Fsp3) is 0.600. The Kier molecular flexibility index (Phi) is 4.15. The summed E-state index contributed by atoms with van der Waals surface area (Å²) >= 11 is 5.86. The molecule has 1 aromatic rings. The molecule has 5 nitrogen and oxygen atoms in total. The second kappa shape index (κ2) is 5.91. The highest BCUT2D eigenvalue weighted by Gasteiger charge is 2.35. The maximum absolute atomic E-state index is 11.0. The summed E-state index contributed by atoms with van der Waals surface area (Å²) in [4.78, 5) is 12.9. The minimum absolute atomic E-state index is 0.00653. The van der Waals surface area contributed by atoms with Crippen molar-refractivity contribution in [2.75, 3.05) is 7.05 Å². The lowest BCUT2D eigenvalue weighted by Crippen LogP contribution is -2.46. The molecular weight excluding hydrogens is 290 g/mol. The van der Waals surface area contributed by atoms with Gasteiger partial charge in [-0.15, -0.1) is 0 Å². The molecule has 1 N–H and O–H groups in total. The van der Waals surface area contributed by atoms with Crippen LogP contribution in [0.3, 0.4) is 0 Å². The molecule has 1 aromatic carbocycles. The van der Waals surface area contributed by atoms with Crippen LogP contribution in [-0.4, -0.2) is 35.0 Å². The highest BCUT2D eigenvalue weighted by atomic mass is 35.5. The monoisotopic (exact) mass is 309 g/mol. The summed E-state index contributed by atoms with van der Waals surface area (Å²) in [7, 11) is 2.11. The molecule has 2 bridgehead atoms. The first-order chi connectivity index (χ1) is 10.0. The average Bonchev–Trinajstić information content (AvgIpc) is 2.79. The van der Waals surface area contributed by atoms with Gasteiger partial charge in [-0.3, -0.25) is 15.0 Å². The van der Waals surface area contributed by atoms with E-state index >= 15 is 0 Å². The summed E-state index contributed by atoms with van der Waals surface area (Å²) in [6.45, 7) is 0.724. The Morgan fingerprint density at radius 2 is 2.05 bits per heavy atom. The van der Waals surface area contributed by atoms with Gasteiger partial charge in [-0.25, -0.2) is 0 Å². The zero-order valence-electron chi connectivity index (χ0n) is 12.1. The van der Waals surface area contributed by atoms with Gasteiger partial charge in [0.1, 0.15) is 5.02 Å². The number of halogens is 1. The minimum Gasteiger partial charge on any atom is -0.311 e. The van der Waals surface area contributed by atoms with E-state index in [0.29, 0.717) is 18.1 Å². The quantitative estimate of drug-likeness (QED) is 0.686. The Bertz CT molecular complexity index is 540. The van der Waals surface area contributed by atoms with Crippen LogP contribution in [0.15, 0.2) is 18.2 Å². The van der Waals surface area contributed by atoms with Crippen LogP contribution in [0.4, 0.5) is 5.69 Å². The molecule has 21 heavy (non-hydrogen) atoms. The summed E-state index contributed by atoms with van der Waals surface area (Å²) in [5.41, 5.74) is 0.937. The zero-order chi connectivity index (χ0) is 15.0. The number of nitro benzene ring substituents is 1. The molecule has 3 rings (SSSR count). The molecule has 2 aliphatic heterocycles. The number of nitrogens with zero attached hydrogens (tertiary/aromatic N) is 2. The highest BCUT2D eigenvalue weighted by molar-refractivity contribution is 6.32. The number of nitro groups is 1. The molecule has 2 aliphatic rings. The first kappa shape index (κ1) is 14.8. The van der Waals surface area contributed by atoms with Gasteiger partial charge in [-0.2, -0.15) is 0 Å². The summed E-state index contributed by atoms with van der Waals surface area (Å²) < 4.78 is 0. The van der Waals surface area contributed by atoms with E-state index in [2.05, 4.69) is 17.3 Å². The Morgan fingerprint density at radius 3 is 2.67 bits per heavy atom. The number of piperidine rings is 1. The molecule has 0 amide bonds. The normalized spacial score (nSPS) is 28.0. The third kappa shape index (κ3) is 3.20. The average molecular weight is 310 g/mol. The first-order valence-corrected chi connectivity index (χ1v) is 7.80. The Balaban J connectivity index is 1.68. The van der Waals surface area contributed by atoms with Crippen LogP contribution in [-0.2, 0) is 6.54 Å². The van der Waals surface area contributed by atoms with Gasteiger partial charge in [0.2, 0.25) is 0 Å². The molecule has 0 saturated carbocycles.